The molecular formula is C10H10N4O4S. The Morgan fingerprint density at radius 1 is 1.53 bits per heavy atom. The molecule has 0 aliphatic heterocycles. The Balaban J connectivity index is 1.90. The third-order valence-electron chi connectivity index (χ3n) is 2.20. The molecule has 0 aliphatic rings. The largest absolute Gasteiger partial charge is 0.478 e. The molecule has 0 saturated carbocycles. The molecule has 2 heterocycles. The Morgan fingerprint density at radius 2 is 2.32 bits per heavy atom. The number of nitrogens with zero attached hydrogens (tertiary/aromatic N) is 2. The minimum absolute atomic E-state index is 0.0821. The molecule has 0 atom stereocenters. The fourth-order valence-electron chi connectivity index (χ4n) is 1.38. The normalized spacial score (nSPS) is 10.2. The van der Waals surface area contributed by atoms with Crippen molar-refractivity contribution in [3.8, 4) is 0 Å². The summed E-state index contributed by atoms with van der Waals surface area (Å²) in [5.74, 6) is -0.401. The smallest absolute Gasteiger partial charge is 0.339 e. The van der Waals surface area contributed by atoms with Crippen molar-refractivity contribution in [3.05, 3.63) is 28.7 Å². The van der Waals surface area contributed by atoms with E-state index in [0.717, 1.165) is 0 Å². The zero-order valence-corrected chi connectivity index (χ0v) is 10.7. The summed E-state index contributed by atoms with van der Waals surface area (Å²) in [6, 6.07) is 0.908. The highest BCUT2D eigenvalue weighted by Crippen LogP contribution is 2.14. The molecule has 0 fully saturated rings. The van der Waals surface area contributed by atoms with Crippen LogP contribution in [0.4, 0.5) is 9.93 Å². The van der Waals surface area contributed by atoms with Gasteiger partial charge in [-0.05, 0) is 13.0 Å². The van der Waals surface area contributed by atoms with E-state index in [0.29, 0.717) is 16.7 Å². The summed E-state index contributed by atoms with van der Waals surface area (Å²) in [6.45, 7) is 1.63. The minimum Gasteiger partial charge on any atom is -0.478 e. The first kappa shape index (κ1) is 13.0. The molecule has 9 heteroatoms. The molecular weight excluding hydrogens is 272 g/mol. The van der Waals surface area contributed by atoms with E-state index in [1.165, 1.54) is 22.9 Å². The van der Waals surface area contributed by atoms with Crippen molar-refractivity contribution in [2.24, 2.45) is 0 Å². The van der Waals surface area contributed by atoms with E-state index in [-0.39, 0.29) is 12.1 Å². The maximum Gasteiger partial charge on any atom is 0.339 e. The second-order valence-electron chi connectivity index (χ2n) is 3.54. The van der Waals surface area contributed by atoms with Crippen LogP contribution in [-0.4, -0.2) is 27.3 Å². The highest BCUT2D eigenvalue weighted by molar-refractivity contribution is 7.13. The number of rotatable bonds is 4. The number of carboxylic acids is 1. The van der Waals surface area contributed by atoms with Crippen LogP contribution < -0.4 is 10.6 Å². The number of amides is 2. The lowest BCUT2D eigenvalue weighted by atomic mass is 10.2. The van der Waals surface area contributed by atoms with Crippen LogP contribution in [-0.2, 0) is 6.54 Å². The molecule has 0 saturated heterocycles. The van der Waals surface area contributed by atoms with Crippen LogP contribution in [0.1, 0.15) is 21.9 Å². The second-order valence-corrected chi connectivity index (χ2v) is 4.37. The first-order valence-corrected chi connectivity index (χ1v) is 6.08. The Labute approximate surface area is 111 Å². The van der Waals surface area contributed by atoms with Crippen molar-refractivity contribution >= 4 is 28.5 Å². The average Bonchev–Trinajstić information content (AvgIpc) is 2.96. The minimum atomic E-state index is -1.06. The summed E-state index contributed by atoms with van der Waals surface area (Å²) in [5, 5.41) is 21.4. The maximum absolute atomic E-state index is 11.5. The third-order valence-corrected chi connectivity index (χ3v) is 2.81. The van der Waals surface area contributed by atoms with Crippen LogP contribution in [0.2, 0.25) is 0 Å². The number of urea groups is 1. The standard InChI is InChI=1S/C10H10N4O4S/c1-5-7(8(15)16)2-6(18-5)3-11-9(17)13-10-14-12-4-19-10/h2,4H,3H2,1H3,(H,15,16)(H2,11,13,14,17). The molecule has 8 nitrogen and oxygen atoms in total. The quantitative estimate of drug-likeness (QED) is 0.781. The van der Waals surface area contributed by atoms with Crippen LogP contribution >= 0.6 is 11.3 Å². The van der Waals surface area contributed by atoms with Crippen LogP contribution in [0, 0.1) is 6.92 Å². The summed E-state index contributed by atoms with van der Waals surface area (Å²) < 4.78 is 5.21. The number of carbonyl (C=O) groups excluding carboxylic acids is 1. The predicted molar refractivity (Wildman–Crippen MR) is 66.2 cm³/mol. The van der Waals surface area contributed by atoms with Crippen LogP contribution in [0.3, 0.4) is 0 Å². The van der Waals surface area contributed by atoms with Crippen LogP contribution in [0.25, 0.3) is 0 Å². The van der Waals surface area contributed by atoms with Gasteiger partial charge in [0.25, 0.3) is 0 Å². The lowest BCUT2D eigenvalue weighted by Gasteiger charge is -2.02. The molecule has 2 rings (SSSR count). The van der Waals surface area contributed by atoms with Crippen LogP contribution in [0.5, 0.6) is 0 Å². The zero-order valence-electron chi connectivity index (χ0n) is 9.84. The number of carbonyl (C=O) groups is 2. The van der Waals surface area contributed by atoms with Gasteiger partial charge in [0.05, 0.1) is 6.54 Å². The van der Waals surface area contributed by atoms with Gasteiger partial charge in [0.2, 0.25) is 5.13 Å². The Morgan fingerprint density at radius 3 is 2.89 bits per heavy atom. The maximum atomic E-state index is 11.5. The molecule has 0 aromatic carbocycles. The number of furan rings is 1. The summed E-state index contributed by atoms with van der Waals surface area (Å²) in [5.41, 5.74) is 1.58. The summed E-state index contributed by atoms with van der Waals surface area (Å²) >= 11 is 1.19. The van der Waals surface area contributed by atoms with E-state index in [4.69, 9.17) is 9.52 Å². The van der Waals surface area contributed by atoms with Crippen LogP contribution in [0.15, 0.2) is 16.0 Å². The second kappa shape index (κ2) is 5.48. The number of carboxylic acid groups (broad SMARTS) is 1. The number of hydrogen-bond donors (Lipinski definition) is 3. The Hall–Kier alpha value is -2.42. The van der Waals surface area contributed by atoms with Gasteiger partial charge in [-0.15, -0.1) is 10.2 Å². The van der Waals surface area contributed by atoms with Gasteiger partial charge in [-0.1, -0.05) is 11.3 Å². The molecule has 0 unspecified atom stereocenters. The molecule has 2 amide bonds. The van der Waals surface area contributed by atoms with Crippen molar-refractivity contribution in [1.82, 2.24) is 15.5 Å². The van der Waals surface area contributed by atoms with E-state index in [1.54, 1.807) is 6.92 Å². The van der Waals surface area contributed by atoms with Gasteiger partial charge in [0.15, 0.2) is 0 Å². The van der Waals surface area contributed by atoms with Gasteiger partial charge in [0.1, 0.15) is 22.6 Å². The number of hydrogen-bond acceptors (Lipinski definition) is 6. The predicted octanol–water partition coefficient (Wildman–Crippen LogP) is 1.46. The number of aromatic carboxylic acids is 1. The van der Waals surface area contributed by atoms with Gasteiger partial charge in [-0.2, -0.15) is 0 Å². The van der Waals surface area contributed by atoms with Gasteiger partial charge in [-0.3, -0.25) is 5.32 Å². The van der Waals surface area contributed by atoms with Crippen molar-refractivity contribution in [1.29, 1.82) is 0 Å². The van der Waals surface area contributed by atoms with Gasteiger partial charge in [0, 0.05) is 0 Å². The molecule has 100 valence electrons. The van der Waals surface area contributed by atoms with Gasteiger partial charge in [-0.25, -0.2) is 9.59 Å². The topological polar surface area (TPSA) is 117 Å². The Bertz CT molecular complexity index is 593. The number of aromatic nitrogens is 2. The fourth-order valence-corrected chi connectivity index (χ4v) is 1.82. The lowest BCUT2D eigenvalue weighted by Crippen LogP contribution is -2.27. The number of aryl methyl sites for hydroxylation is 1. The van der Waals surface area contributed by atoms with E-state index in [2.05, 4.69) is 20.8 Å². The summed E-state index contributed by atoms with van der Waals surface area (Å²) in [6.07, 6.45) is 0. The van der Waals surface area contributed by atoms with E-state index in [9.17, 15) is 9.59 Å². The highest BCUT2D eigenvalue weighted by Gasteiger charge is 2.14. The molecule has 0 spiro atoms. The van der Waals surface area contributed by atoms with Crippen molar-refractivity contribution in [3.63, 3.8) is 0 Å². The lowest BCUT2D eigenvalue weighted by molar-refractivity contribution is 0.0695. The summed E-state index contributed by atoms with van der Waals surface area (Å²) in [4.78, 5) is 22.3. The monoisotopic (exact) mass is 282 g/mol. The highest BCUT2D eigenvalue weighted by atomic mass is 32.1. The van der Waals surface area contributed by atoms with Gasteiger partial charge >= 0.3 is 12.0 Å². The molecule has 2 aromatic rings. The number of nitrogens with one attached hydrogen (secondary N) is 2. The molecule has 2 aromatic heterocycles. The Kier molecular flexibility index (Phi) is 3.76. The molecule has 0 aliphatic carbocycles. The van der Waals surface area contributed by atoms with E-state index < -0.39 is 12.0 Å². The van der Waals surface area contributed by atoms with E-state index in [1.807, 2.05) is 0 Å². The third kappa shape index (κ3) is 3.28. The van der Waals surface area contributed by atoms with E-state index >= 15 is 0 Å². The SMILES string of the molecule is Cc1oc(CNC(=O)Nc2nncs2)cc1C(=O)O. The molecule has 19 heavy (non-hydrogen) atoms. The van der Waals surface area contributed by atoms with Crippen molar-refractivity contribution < 1.29 is 19.1 Å². The summed E-state index contributed by atoms with van der Waals surface area (Å²) in [7, 11) is 0. The van der Waals surface area contributed by atoms with Gasteiger partial charge < -0.3 is 14.8 Å². The van der Waals surface area contributed by atoms with Crippen molar-refractivity contribution in [2.75, 3.05) is 5.32 Å². The average molecular weight is 282 g/mol. The molecule has 0 radical (unpaired) electrons. The molecule has 3 N–H and O–H groups in total. The first-order chi connectivity index (χ1) is 9.06. The van der Waals surface area contributed by atoms with Crippen molar-refractivity contribution in [2.45, 2.75) is 13.5 Å². The zero-order chi connectivity index (χ0) is 13.8. The first-order valence-electron chi connectivity index (χ1n) is 5.20. The number of anilines is 1. The fraction of sp³-hybridized carbons (Fsp3) is 0.200. The molecule has 0 bridgehead atoms.